The quantitative estimate of drug-likeness (QED) is 0.774. The van der Waals surface area contributed by atoms with Crippen LogP contribution in [0.3, 0.4) is 0 Å². The second kappa shape index (κ2) is 5.35. The molecule has 0 N–H and O–H groups in total. The minimum absolute atomic E-state index is 0.654. The van der Waals surface area contributed by atoms with Crippen molar-refractivity contribution in [2.24, 2.45) is 0 Å². The first-order valence-electron chi connectivity index (χ1n) is 6.24. The van der Waals surface area contributed by atoms with Crippen LogP contribution in [-0.4, -0.2) is 26.3 Å². The van der Waals surface area contributed by atoms with Crippen molar-refractivity contribution in [3.8, 4) is 0 Å². The Morgan fingerprint density at radius 3 is 2.75 bits per heavy atom. The van der Waals surface area contributed by atoms with Gasteiger partial charge in [-0.05, 0) is 30.0 Å². The molecule has 0 spiro atoms. The Morgan fingerprint density at radius 2 is 2.06 bits per heavy atom. The van der Waals surface area contributed by atoms with E-state index in [9.17, 15) is 0 Å². The Balaban J connectivity index is 2.14. The maximum absolute atomic E-state index is 5.38. The highest BCUT2D eigenvalue weighted by Gasteiger charge is 2.12. The molecule has 1 atom stereocenters. The van der Waals surface area contributed by atoms with Crippen molar-refractivity contribution in [2.45, 2.75) is 26.2 Å². The van der Waals surface area contributed by atoms with Gasteiger partial charge in [0.2, 0.25) is 0 Å². The summed E-state index contributed by atoms with van der Waals surface area (Å²) in [6.45, 7) is 8.28. The zero-order valence-electron chi connectivity index (χ0n) is 10.3. The molecule has 1 aromatic carbocycles. The summed E-state index contributed by atoms with van der Waals surface area (Å²) in [5.41, 5.74) is 2.80. The van der Waals surface area contributed by atoms with Gasteiger partial charge in [-0.25, -0.2) is 0 Å². The fraction of sp³-hybridized carbons (Fsp3) is 0.571. The normalized spacial score (nSPS) is 18.5. The Bertz CT molecular complexity index is 331. The number of ether oxygens (including phenoxy) is 1. The van der Waals surface area contributed by atoms with Crippen LogP contribution in [0.25, 0.3) is 0 Å². The number of nitrogens with zero attached hydrogens (tertiary/aromatic N) is 1. The summed E-state index contributed by atoms with van der Waals surface area (Å²) in [5, 5.41) is 0. The zero-order valence-corrected chi connectivity index (χ0v) is 10.3. The smallest absolute Gasteiger partial charge is 0.0642 e. The predicted molar refractivity (Wildman–Crippen MR) is 68.2 cm³/mol. The summed E-state index contributed by atoms with van der Waals surface area (Å²) < 4.78 is 5.38. The molecule has 1 aliphatic heterocycles. The highest BCUT2D eigenvalue weighted by atomic mass is 16.5. The van der Waals surface area contributed by atoms with Crippen molar-refractivity contribution in [3.05, 3.63) is 29.8 Å². The Morgan fingerprint density at radius 1 is 1.31 bits per heavy atom. The first kappa shape index (κ1) is 11.5. The molecule has 1 aromatic rings. The van der Waals surface area contributed by atoms with E-state index in [1.807, 2.05) is 0 Å². The van der Waals surface area contributed by atoms with Crippen molar-refractivity contribution in [3.63, 3.8) is 0 Å². The van der Waals surface area contributed by atoms with Gasteiger partial charge in [0.05, 0.1) is 13.2 Å². The third-order valence-electron chi connectivity index (χ3n) is 3.43. The molecule has 2 rings (SSSR count). The second-order valence-corrected chi connectivity index (χ2v) is 4.50. The maximum atomic E-state index is 5.38. The van der Waals surface area contributed by atoms with E-state index in [-0.39, 0.29) is 0 Å². The van der Waals surface area contributed by atoms with Gasteiger partial charge in [0, 0.05) is 18.8 Å². The number of hydrogen-bond acceptors (Lipinski definition) is 2. The maximum Gasteiger partial charge on any atom is 0.0642 e. The summed E-state index contributed by atoms with van der Waals surface area (Å²) in [6.07, 6.45) is 1.20. The van der Waals surface area contributed by atoms with Crippen LogP contribution in [0.1, 0.15) is 31.7 Å². The van der Waals surface area contributed by atoms with Crippen LogP contribution in [-0.2, 0) is 4.74 Å². The minimum atomic E-state index is 0.654. The van der Waals surface area contributed by atoms with Gasteiger partial charge >= 0.3 is 0 Å². The van der Waals surface area contributed by atoms with Crippen molar-refractivity contribution in [2.75, 3.05) is 31.2 Å². The van der Waals surface area contributed by atoms with Crippen molar-refractivity contribution in [1.82, 2.24) is 0 Å². The minimum Gasteiger partial charge on any atom is -0.378 e. The monoisotopic (exact) mass is 219 g/mol. The van der Waals surface area contributed by atoms with E-state index in [0.717, 1.165) is 26.3 Å². The Hall–Kier alpha value is -1.02. The third-order valence-corrected chi connectivity index (χ3v) is 3.43. The van der Waals surface area contributed by atoms with Gasteiger partial charge in [-0.3, -0.25) is 0 Å². The lowest BCUT2D eigenvalue weighted by Crippen LogP contribution is -2.36. The summed E-state index contributed by atoms with van der Waals surface area (Å²) in [7, 11) is 0. The lowest BCUT2D eigenvalue weighted by atomic mass is 9.98. The summed E-state index contributed by atoms with van der Waals surface area (Å²) >= 11 is 0. The molecule has 2 nitrogen and oxygen atoms in total. The second-order valence-electron chi connectivity index (χ2n) is 4.50. The van der Waals surface area contributed by atoms with E-state index in [1.54, 1.807) is 0 Å². The number of morpholine rings is 1. The Labute approximate surface area is 98.2 Å². The number of benzene rings is 1. The van der Waals surface area contributed by atoms with Crippen LogP contribution in [0, 0.1) is 0 Å². The Kier molecular flexibility index (Phi) is 3.83. The summed E-state index contributed by atoms with van der Waals surface area (Å²) in [6, 6.07) is 8.95. The average Bonchev–Trinajstić information content (AvgIpc) is 2.39. The van der Waals surface area contributed by atoms with Gasteiger partial charge in [0.25, 0.3) is 0 Å². The van der Waals surface area contributed by atoms with Crippen LogP contribution in [0.2, 0.25) is 0 Å². The van der Waals surface area contributed by atoms with Crippen LogP contribution in [0.5, 0.6) is 0 Å². The molecule has 2 heteroatoms. The first-order valence-corrected chi connectivity index (χ1v) is 6.24. The molecule has 0 aliphatic carbocycles. The van der Waals surface area contributed by atoms with Crippen LogP contribution < -0.4 is 4.90 Å². The van der Waals surface area contributed by atoms with Gasteiger partial charge in [-0.2, -0.15) is 0 Å². The van der Waals surface area contributed by atoms with Gasteiger partial charge in [0.1, 0.15) is 0 Å². The van der Waals surface area contributed by atoms with Crippen molar-refractivity contribution < 1.29 is 4.74 Å². The third kappa shape index (κ3) is 2.56. The van der Waals surface area contributed by atoms with E-state index >= 15 is 0 Å². The van der Waals surface area contributed by atoms with E-state index in [2.05, 4.69) is 43.0 Å². The van der Waals surface area contributed by atoms with Crippen molar-refractivity contribution in [1.29, 1.82) is 0 Å². The molecule has 0 bridgehead atoms. The number of rotatable bonds is 3. The fourth-order valence-electron chi connectivity index (χ4n) is 2.09. The van der Waals surface area contributed by atoms with Crippen LogP contribution in [0.4, 0.5) is 5.69 Å². The molecule has 0 aromatic heterocycles. The van der Waals surface area contributed by atoms with E-state index < -0.39 is 0 Å². The first-order chi connectivity index (χ1) is 7.81. The van der Waals surface area contributed by atoms with Crippen molar-refractivity contribution >= 4 is 5.69 Å². The molecule has 1 unspecified atom stereocenters. The zero-order chi connectivity index (χ0) is 11.4. The number of anilines is 1. The van der Waals surface area contributed by atoms with E-state index in [1.165, 1.54) is 17.7 Å². The standard InChI is InChI=1S/C14H21NO/c1-3-12(2)13-5-4-6-14(11-13)15-7-9-16-10-8-15/h4-6,11-12H,3,7-10H2,1-2H3. The summed E-state index contributed by atoms with van der Waals surface area (Å²) in [4.78, 5) is 2.41. The molecule has 1 saturated heterocycles. The topological polar surface area (TPSA) is 12.5 Å². The summed E-state index contributed by atoms with van der Waals surface area (Å²) in [5.74, 6) is 0.654. The van der Waals surface area contributed by atoms with E-state index in [0.29, 0.717) is 5.92 Å². The molecule has 16 heavy (non-hydrogen) atoms. The predicted octanol–water partition coefficient (Wildman–Crippen LogP) is 3.04. The van der Waals surface area contributed by atoms with Crippen LogP contribution >= 0.6 is 0 Å². The molecule has 88 valence electrons. The van der Waals surface area contributed by atoms with Gasteiger partial charge in [0.15, 0.2) is 0 Å². The molecule has 0 saturated carbocycles. The largest absolute Gasteiger partial charge is 0.378 e. The van der Waals surface area contributed by atoms with Crippen LogP contribution in [0.15, 0.2) is 24.3 Å². The SMILES string of the molecule is CCC(C)c1cccc(N2CCOCC2)c1. The molecule has 0 amide bonds. The van der Waals surface area contributed by atoms with Gasteiger partial charge in [-0.1, -0.05) is 26.0 Å². The molecule has 0 radical (unpaired) electrons. The highest BCUT2D eigenvalue weighted by molar-refractivity contribution is 5.49. The van der Waals surface area contributed by atoms with E-state index in [4.69, 9.17) is 4.74 Å². The number of hydrogen-bond donors (Lipinski definition) is 0. The fourth-order valence-corrected chi connectivity index (χ4v) is 2.09. The lowest BCUT2D eigenvalue weighted by molar-refractivity contribution is 0.122. The molecule has 1 heterocycles. The molecule has 1 fully saturated rings. The molecular formula is C14H21NO. The van der Waals surface area contributed by atoms with Gasteiger partial charge in [-0.15, -0.1) is 0 Å². The molecular weight excluding hydrogens is 198 g/mol. The molecule has 1 aliphatic rings. The van der Waals surface area contributed by atoms with Gasteiger partial charge < -0.3 is 9.64 Å². The average molecular weight is 219 g/mol. The lowest BCUT2D eigenvalue weighted by Gasteiger charge is -2.29. The highest BCUT2D eigenvalue weighted by Crippen LogP contribution is 2.24.